The average molecular weight is 289 g/mol. The van der Waals surface area contributed by atoms with Crippen LogP contribution in [0.5, 0.6) is 0 Å². The fourth-order valence-electron chi connectivity index (χ4n) is 2.17. The van der Waals surface area contributed by atoms with Crippen molar-refractivity contribution in [2.24, 2.45) is 0 Å². The fraction of sp³-hybridized carbons (Fsp3) is 0.375. The maximum absolute atomic E-state index is 12.1. The Morgan fingerprint density at radius 2 is 2.24 bits per heavy atom. The lowest BCUT2D eigenvalue weighted by Gasteiger charge is -2.13. The molecule has 1 aromatic heterocycles. The van der Waals surface area contributed by atoms with Gasteiger partial charge >= 0.3 is 5.97 Å². The van der Waals surface area contributed by atoms with Crippen LogP contribution in [0, 0.1) is 6.92 Å². The maximum atomic E-state index is 12.1. The van der Waals surface area contributed by atoms with E-state index in [1.54, 1.807) is 20.0 Å². The number of ether oxygens (including phenoxy) is 1. The molecule has 1 heterocycles. The molecule has 0 fully saturated rings. The molecular formula is C16H21N2O3+. The van der Waals surface area contributed by atoms with Crippen molar-refractivity contribution in [2.45, 2.75) is 26.9 Å². The van der Waals surface area contributed by atoms with Gasteiger partial charge in [-0.05, 0) is 32.4 Å². The first kappa shape index (κ1) is 15.3. The molecule has 1 aromatic carbocycles. The number of hydrogen-bond acceptors (Lipinski definition) is 4. The lowest BCUT2D eigenvalue weighted by molar-refractivity contribution is -0.344. The zero-order valence-corrected chi connectivity index (χ0v) is 12.6. The first-order valence-electron chi connectivity index (χ1n) is 7.07. The van der Waals surface area contributed by atoms with E-state index in [2.05, 4.69) is 10.3 Å². The van der Waals surface area contributed by atoms with Crippen molar-refractivity contribution >= 4 is 22.6 Å². The monoisotopic (exact) mass is 289 g/mol. The molecule has 0 aliphatic rings. The van der Waals surface area contributed by atoms with Crippen LogP contribution in [-0.2, 0) is 4.74 Å². The van der Waals surface area contributed by atoms with E-state index in [1.807, 2.05) is 25.1 Å². The van der Waals surface area contributed by atoms with Crippen molar-refractivity contribution in [1.29, 1.82) is 0 Å². The second kappa shape index (κ2) is 6.54. The second-order valence-corrected chi connectivity index (χ2v) is 5.08. The maximum Gasteiger partial charge on any atom is 0.346 e. The molecule has 1 atom stereocenters. The van der Waals surface area contributed by atoms with Crippen molar-refractivity contribution in [3.8, 4) is 0 Å². The molecule has 0 spiro atoms. The molecule has 112 valence electrons. The topological polar surface area (TPSA) is 72.7 Å². The Kier molecular flexibility index (Phi) is 4.75. The number of aliphatic hydroxyl groups is 1. The van der Waals surface area contributed by atoms with Crippen LogP contribution in [0.15, 0.2) is 24.4 Å². The molecule has 0 radical (unpaired) electrons. The van der Waals surface area contributed by atoms with Crippen molar-refractivity contribution in [3.05, 3.63) is 35.5 Å². The molecule has 0 aliphatic heterocycles. The molecule has 2 aromatic rings. The first-order chi connectivity index (χ1) is 10.0. The molecule has 5 nitrogen and oxygen atoms in total. The molecule has 5 heteroatoms. The van der Waals surface area contributed by atoms with E-state index < -0.39 is 6.10 Å². The van der Waals surface area contributed by atoms with E-state index in [1.165, 1.54) is 0 Å². The third-order valence-electron chi connectivity index (χ3n) is 3.16. The number of aromatic amines is 1. The van der Waals surface area contributed by atoms with Gasteiger partial charge < -0.3 is 15.2 Å². The number of pyridine rings is 1. The van der Waals surface area contributed by atoms with Crippen LogP contribution < -0.4 is 10.3 Å². The third-order valence-corrected chi connectivity index (χ3v) is 3.16. The lowest BCUT2D eigenvalue weighted by Crippen LogP contribution is -2.20. The van der Waals surface area contributed by atoms with Crippen LogP contribution in [0.3, 0.4) is 0 Å². The van der Waals surface area contributed by atoms with Crippen LogP contribution in [0.2, 0.25) is 0 Å². The highest BCUT2D eigenvalue weighted by Crippen LogP contribution is 2.26. The van der Waals surface area contributed by atoms with E-state index in [0.29, 0.717) is 24.4 Å². The van der Waals surface area contributed by atoms with Gasteiger partial charge in [0, 0.05) is 12.6 Å². The van der Waals surface area contributed by atoms with Gasteiger partial charge in [0.1, 0.15) is 5.56 Å². The Bertz CT molecular complexity index is 653. The van der Waals surface area contributed by atoms with Crippen molar-refractivity contribution in [2.75, 3.05) is 18.5 Å². The van der Waals surface area contributed by atoms with Gasteiger partial charge in [0.25, 0.3) is 0 Å². The van der Waals surface area contributed by atoms with E-state index in [9.17, 15) is 9.90 Å². The lowest BCUT2D eigenvalue weighted by atomic mass is 10.1. The normalized spacial score (nSPS) is 12.2. The number of anilines is 1. The molecule has 3 N–H and O–H groups in total. The van der Waals surface area contributed by atoms with Gasteiger partial charge in [-0.3, -0.25) is 0 Å². The predicted octanol–water partition coefficient (Wildman–Crippen LogP) is 1.93. The third kappa shape index (κ3) is 3.49. The van der Waals surface area contributed by atoms with Crippen molar-refractivity contribution in [1.82, 2.24) is 0 Å². The van der Waals surface area contributed by atoms with E-state index in [4.69, 9.17) is 4.74 Å². The second-order valence-electron chi connectivity index (χ2n) is 5.08. The van der Waals surface area contributed by atoms with Gasteiger partial charge in [-0.25, -0.2) is 9.78 Å². The van der Waals surface area contributed by atoms with Crippen molar-refractivity contribution in [3.63, 3.8) is 0 Å². The number of esters is 1. The molecular weight excluding hydrogens is 268 g/mol. The summed E-state index contributed by atoms with van der Waals surface area (Å²) < 4.78 is 5.09. The summed E-state index contributed by atoms with van der Waals surface area (Å²) in [7, 11) is 0. The minimum Gasteiger partial charge on any atom is -0.462 e. The number of carbonyl (C=O) groups is 1. The zero-order chi connectivity index (χ0) is 15.4. The molecule has 0 saturated heterocycles. The number of benzene rings is 1. The summed E-state index contributed by atoms with van der Waals surface area (Å²) in [4.78, 5) is 15.2. The van der Waals surface area contributed by atoms with Gasteiger partial charge in [0.2, 0.25) is 5.52 Å². The van der Waals surface area contributed by atoms with Gasteiger partial charge in [0.05, 0.1) is 23.8 Å². The minimum atomic E-state index is -0.510. The highest BCUT2D eigenvalue weighted by molar-refractivity contribution is 6.03. The van der Waals surface area contributed by atoms with Gasteiger partial charge in [-0.1, -0.05) is 6.07 Å². The van der Waals surface area contributed by atoms with Crippen LogP contribution in [0.4, 0.5) is 5.69 Å². The number of aryl methyl sites for hydroxylation is 1. The first-order valence-corrected chi connectivity index (χ1v) is 7.07. The Morgan fingerprint density at radius 3 is 2.90 bits per heavy atom. The molecule has 21 heavy (non-hydrogen) atoms. The Hall–Kier alpha value is -2.14. The minimum absolute atomic E-state index is 0.320. The largest absolute Gasteiger partial charge is 0.462 e. The van der Waals surface area contributed by atoms with E-state index >= 15 is 0 Å². The SMILES string of the molecule is CCOC(=O)c1c[nH+]c2ccc(C)cc2c1NC[C@@H](C)O. The summed E-state index contributed by atoms with van der Waals surface area (Å²) in [5.41, 5.74) is 3.14. The van der Waals surface area contributed by atoms with Gasteiger partial charge in [-0.2, -0.15) is 0 Å². The molecule has 0 aliphatic carbocycles. The van der Waals surface area contributed by atoms with Crippen molar-refractivity contribution < 1.29 is 19.6 Å². The Labute approximate surface area is 124 Å². The van der Waals surface area contributed by atoms with Crippen LogP contribution in [0.25, 0.3) is 10.9 Å². The number of aromatic nitrogens is 1. The highest BCUT2D eigenvalue weighted by atomic mass is 16.5. The molecule has 0 amide bonds. The Balaban J connectivity index is 2.55. The summed E-state index contributed by atoms with van der Waals surface area (Å²) in [6.45, 7) is 6.14. The number of rotatable bonds is 5. The number of aliphatic hydroxyl groups excluding tert-OH is 1. The number of fused-ring (bicyclic) bond motifs is 1. The number of hydrogen-bond donors (Lipinski definition) is 2. The molecule has 2 rings (SSSR count). The molecule has 0 saturated carbocycles. The van der Waals surface area contributed by atoms with Crippen LogP contribution in [-0.4, -0.2) is 30.3 Å². The summed E-state index contributed by atoms with van der Waals surface area (Å²) in [6.07, 6.45) is 1.13. The fourth-order valence-corrected chi connectivity index (χ4v) is 2.17. The van der Waals surface area contributed by atoms with E-state index in [0.717, 1.165) is 16.5 Å². The Morgan fingerprint density at radius 1 is 1.48 bits per heavy atom. The quantitative estimate of drug-likeness (QED) is 0.825. The zero-order valence-electron chi connectivity index (χ0n) is 12.6. The van der Waals surface area contributed by atoms with Gasteiger partial charge in [-0.15, -0.1) is 0 Å². The summed E-state index contributed by atoms with van der Waals surface area (Å²) in [5.74, 6) is -0.384. The summed E-state index contributed by atoms with van der Waals surface area (Å²) in [6, 6.07) is 5.97. The molecule has 0 bridgehead atoms. The van der Waals surface area contributed by atoms with E-state index in [-0.39, 0.29) is 5.97 Å². The molecule has 0 unspecified atom stereocenters. The van der Waals surface area contributed by atoms with Crippen LogP contribution in [0.1, 0.15) is 29.8 Å². The standard InChI is InChI=1S/C16H20N2O3/c1-4-21-16(20)13-9-17-14-6-5-10(2)7-12(14)15(13)18-8-11(3)19/h5-7,9,11,19H,4,8H2,1-3H3,(H,17,18)/p+1/t11-/m1/s1. The smallest absolute Gasteiger partial charge is 0.346 e. The van der Waals surface area contributed by atoms with Gasteiger partial charge in [0.15, 0.2) is 6.20 Å². The predicted molar refractivity (Wildman–Crippen MR) is 81.4 cm³/mol. The number of carbonyl (C=O) groups excluding carboxylic acids is 1. The highest BCUT2D eigenvalue weighted by Gasteiger charge is 2.20. The summed E-state index contributed by atoms with van der Waals surface area (Å²) in [5, 5.41) is 13.5. The van der Waals surface area contributed by atoms with Crippen LogP contribution >= 0.6 is 0 Å². The number of nitrogens with one attached hydrogen (secondary N) is 2. The summed E-state index contributed by atoms with van der Waals surface area (Å²) >= 11 is 0. The number of H-pyrrole nitrogens is 1. The average Bonchev–Trinajstić information content (AvgIpc) is 2.44.